The van der Waals surface area contributed by atoms with E-state index < -0.39 is 51.7 Å². The minimum atomic E-state index is -4.92. The maximum absolute atomic E-state index is 12.3. The van der Waals surface area contributed by atoms with Crippen molar-refractivity contribution in [1.82, 2.24) is 9.55 Å². The summed E-state index contributed by atoms with van der Waals surface area (Å²) < 4.78 is 40.6. The summed E-state index contributed by atoms with van der Waals surface area (Å²) in [5.41, 5.74) is -1.00. The zero-order valence-electron chi connectivity index (χ0n) is 23.9. The Morgan fingerprint density at radius 2 is 1.48 bits per heavy atom. The molecule has 0 radical (unpaired) electrons. The summed E-state index contributed by atoms with van der Waals surface area (Å²) in [4.78, 5) is 45.7. The predicted octanol–water partition coefficient (Wildman–Crippen LogP) is 5.29. The molecule has 4 N–H and O–H groups in total. The number of rotatable bonds is 21. The largest absolute Gasteiger partial charge is 0.479 e. The van der Waals surface area contributed by atoms with Gasteiger partial charge >= 0.3 is 21.1 Å². The van der Waals surface area contributed by atoms with Crippen LogP contribution < -0.4 is 11.2 Å². The number of H-pyrrole nitrogens is 1. The molecule has 14 heteroatoms. The molecule has 0 aromatic carbocycles. The molecule has 1 fully saturated rings. The number of phosphoric ester groups is 1. The molecule has 0 saturated carbocycles. The van der Waals surface area contributed by atoms with Crippen molar-refractivity contribution < 1.29 is 37.6 Å². The fraction of sp³-hybridized carbons (Fsp3) is 0.846. The molecule has 0 aliphatic carbocycles. The number of hydrogen-bond donors (Lipinski definition) is 4. The lowest BCUT2D eigenvalue weighted by Crippen LogP contribution is -2.33. The van der Waals surface area contributed by atoms with E-state index in [1.165, 1.54) is 70.9 Å². The van der Waals surface area contributed by atoms with Gasteiger partial charge in [0.15, 0.2) is 0 Å². The number of aromatic nitrogens is 2. The Hall–Kier alpha value is -1.10. The number of aromatic amines is 1. The van der Waals surface area contributed by atoms with Gasteiger partial charge in [0.1, 0.15) is 12.3 Å². The first-order chi connectivity index (χ1) is 18.9. The van der Waals surface area contributed by atoms with Gasteiger partial charge in [-0.3, -0.25) is 23.4 Å². The second-order valence-corrected chi connectivity index (χ2v) is 14.3. The van der Waals surface area contributed by atoms with Gasteiger partial charge in [0.25, 0.3) is 5.56 Å². The van der Waals surface area contributed by atoms with Gasteiger partial charge < -0.3 is 19.6 Å². The first-order valence-electron chi connectivity index (χ1n) is 14.6. The van der Waals surface area contributed by atoms with Gasteiger partial charge in [0, 0.05) is 18.2 Å². The Kier molecular flexibility index (Phi) is 15.6. The van der Waals surface area contributed by atoms with E-state index in [9.17, 15) is 33.6 Å². The van der Waals surface area contributed by atoms with E-state index in [0.29, 0.717) is 6.42 Å². The van der Waals surface area contributed by atoms with Crippen molar-refractivity contribution >= 4 is 15.4 Å². The third kappa shape index (κ3) is 13.3. The molecule has 232 valence electrons. The first kappa shape index (κ1) is 35.1. The van der Waals surface area contributed by atoms with Crippen molar-refractivity contribution in [1.29, 1.82) is 0 Å². The minimum Gasteiger partial charge on any atom is -0.390 e. The van der Waals surface area contributed by atoms with Gasteiger partial charge in [-0.25, -0.2) is 13.7 Å². The second kappa shape index (κ2) is 17.8. The van der Waals surface area contributed by atoms with Gasteiger partial charge in [-0.1, -0.05) is 90.4 Å². The molecule has 1 aromatic rings. The Morgan fingerprint density at radius 1 is 0.950 bits per heavy atom. The van der Waals surface area contributed by atoms with Crippen molar-refractivity contribution in [2.75, 3.05) is 12.8 Å². The van der Waals surface area contributed by atoms with Crippen LogP contribution in [0.2, 0.25) is 0 Å². The van der Waals surface area contributed by atoms with Crippen molar-refractivity contribution in [2.24, 2.45) is 0 Å². The van der Waals surface area contributed by atoms with E-state index in [4.69, 9.17) is 9.26 Å². The van der Waals surface area contributed by atoms with Crippen LogP contribution in [0.1, 0.15) is 115 Å². The molecule has 2 heterocycles. The molecule has 40 heavy (non-hydrogen) atoms. The molecule has 0 bridgehead atoms. The summed E-state index contributed by atoms with van der Waals surface area (Å²) in [6, 6.07) is 0. The molecule has 5 atom stereocenters. The number of aliphatic hydroxyl groups excluding tert-OH is 1. The molecule has 1 aliphatic heterocycles. The van der Waals surface area contributed by atoms with Gasteiger partial charge in [-0.05, 0) is 13.3 Å². The normalized spacial score (nSPS) is 22.3. The smallest absolute Gasteiger partial charge is 0.390 e. The van der Waals surface area contributed by atoms with Gasteiger partial charge in [-0.2, -0.15) is 0 Å². The van der Waals surface area contributed by atoms with E-state index in [2.05, 4.69) is 16.2 Å². The molecular weight excluding hydrogens is 562 g/mol. The lowest BCUT2D eigenvalue weighted by Gasteiger charge is -2.20. The van der Waals surface area contributed by atoms with Crippen LogP contribution in [0.4, 0.5) is 0 Å². The molecular formula is C26H48N2O10P2. The number of aliphatic hydroxyl groups is 1. The summed E-state index contributed by atoms with van der Waals surface area (Å²) in [5.74, 6) is 0. The van der Waals surface area contributed by atoms with Crippen LogP contribution in [0.5, 0.6) is 0 Å². The molecule has 0 amide bonds. The predicted molar refractivity (Wildman–Crippen MR) is 152 cm³/mol. The minimum absolute atomic E-state index is 0.0341. The molecule has 1 aliphatic rings. The third-order valence-electron chi connectivity index (χ3n) is 7.09. The zero-order chi connectivity index (χ0) is 29.6. The Morgan fingerprint density at radius 3 is 2.02 bits per heavy atom. The van der Waals surface area contributed by atoms with Crippen molar-refractivity contribution in [2.45, 2.75) is 129 Å². The first-order valence-corrected chi connectivity index (χ1v) is 17.9. The van der Waals surface area contributed by atoms with Gasteiger partial charge in [0.2, 0.25) is 0 Å². The lowest BCUT2D eigenvalue weighted by atomic mass is 10.0. The van der Waals surface area contributed by atoms with E-state index in [1.54, 1.807) is 0 Å². The summed E-state index contributed by atoms with van der Waals surface area (Å²) in [6.07, 6.45) is 13.6. The molecule has 0 spiro atoms. The van der Waals surface area contributed by atoms with Crippen molar-refractivity contribution in [3.8, 4) is 0 Å². The number of nitrogens with one attached hydrogen (secondary N) is 1. The summed E-state index contributed by atoms with van der Waals surface area (Å²) >= 11 is 0. The molecule has 1 saturated heterocycles. The van der Waals surface area contributed by atoms with E-state index in [-0.39, 0.29) is 18.1 Å². The number of nitrogens with zero attached hydrogens (tertiary/aromatic N) is 1. The topological polar surface area (TPSA) is 177 Å². The van der Waals surface area contributed by atoms with Crippen molar-refractivity contribution in [3.63, 3.8) is 0 Å². The van der Waals surface area contributed by atoms with Crippen molar-refractivity contribution in [3.05, 3.63) is 32.6 Å². The molecule has 1 aromatic heterocycles. The highest BCUT2D eigenvalue weighted by molar-refractivity contribution is 7.64. The second-order valence-electron chi connectivity index (χ2n) is 10.7. The average Bonchev–Trinajstić information content (AvgIpc) is 3.24. The maximum atomic E-state index is 12.3. The summed E-state index contributed by atoms with van der Waals surface area (Å²) in [5, 5.41) is 10.3. The average molecular weight is 611 g/mol. The van der Waals surface area contributed by atoms with Crippen LogP contribution in [-0.4, -0.2) is 49.4 Å². The Bertz CT molecular complexity index is 1090. The number of hydrogen-bond acceptors (Lipinski definition) is 8. The summed E-state index contributed by atoms with van der Waals surface area (Å²) in [7, 11) is -9.29. The monoisotopic (exact) mass is 610 g/mol. The third-order valence-corrected chi connectivity index (χ3v) is 10.3. The quantitative estimate of drug-likeness (QED) is 0.106. The molecule has 2 rings (SSSR count). The van der Waals surface area contributed by atoms with E-state index in [1.807, 2.05) is 0 Å². The highest BCUT2D eigenvalue weighted by Gasteiger charge is 2.39. The fourth-order valence-corrected chi connectivity index (χ4v) is 7.50. The molecule has 2 unspecified atom stereocenters. The standard InChI is InChI=1S/C26H48N2O10P2/c1-3-4-5-6-7-8-9-10-11-12-13-14-15-16-17-39(32,33)38-40(34,35)36-20-23-22(29)18-24(37-23)28-19-21(2)25(30)27-26(28)31/h19,22-24,29H,3-18,20H2,1-2H3,(H,32,33)(H,34,35)(H,27,30,31)/t22-,23+,24+/m0/s1. The number of unbranched alkanes of at least 4 members (excludes halogenated alkanes) is 13. The zero-order valence-corrected chi connectivity index (χ0v) is 25.7. The fourth-order valence-electron chi connectivity index (χ4n) is 4.74. The Balaban J connectivity index is 1.61. The van der Waals surface area contributed by atoms with Crippen LogP contribution in [0.3, 0.4) is 0 Å². The van der Waals surface area contributed by atoms with E-state index in [0.717, 1.165) is 30.3 Å². The number of phosphoric acid groups is 1. The SMILES string of the molecule is CCCCCCCCCCCCCCCCP(=O)(O)OP(=O)(O)OC[C@H]1O[C@@H](n2cc(C)c(=O)[nH]c2=O)C[C@@H]1O. The van der Waals surface area contributed by atoms with Crippen LogP contribution >= 0.6 is 15.4 Å². The lowest BCUT2D eigenvalue weighted by molar-refractivity contribution is -0.0448. The molecule has 12 nitrogen and oxygen atoms in total. The van der Waals surface area contributed by atoms with Crippen LogP contribution in [0.25, 0.3) is 0 Å². The van der Waals surface area contributed by atoms with Crippen LogP contribution in [0, 0.1) is 6.92 Å². The van der Waals surface area contributed by atoms with Gasteiger partial charge in [0.05, 0.1) is 18.9 Å². The maximum Gasteiger partial charge on any atom is 0.479 e. The highest BCUT2D eigenvalue weighted by Crippen LogP contribution is 2.60. The Labute approximate surface area is 236 Å². The van der Waals surface area contributed by atoms with E-state index >= 15 is 0 Å². The van der Waals surface area contributed by atoms with Crippen LogP contribution in [0.15, 0.2) is 15.8 Å². The number of ether oxygens (including phenoxy) is 1. The highest BCUT2D eigenvalue weighted by atomic mass is 31.3. The van der Waals surface area contributed by atoms with Gasteiger partial charge in [-0.15, -0.1) is 0 Å². The van der Waals surface area contributed by atoms with Crippen LogP contribution in [-0.2, 0) is 22.7 Å². The summed E-state index contributed by atoms with van der Waals surface area (Å²) in [6.45, 7) is 3.12. The number of aryl methyl sites for hydroxylation is 1.